The van der Waals surface area contributed by atoms with Crippen LogP contribution in [-0.2, 0) is 25.7 Å². The number of non-ortho nitro benzene ring substituents is 2. The number of amides is 1. The number of ether oxygens (including phenoxy) is 4. The molecule has 1 aliphatic heterocycles. The third-order valence-electron chi connectivity index (χ3n) is 14.1. The first-order valence-electron chi connectivity index (χ1n) is 24.4. The van der Waals surface area contributed by atoms with Gasteiger partial charge in [-0.05, 0) is 97.4 Å². The second-order valence-corrected chi connectivity index (χ2v) is 18.4. The van der Waals surface area contributed by atoms with Gasteiger partial charge >= 0.3 is 0 Å². The molecule has 3 aliphatic carbocycles. The smallest absolute Gasteiger partial charge is 0.273 e. The Morgan fingerprint density at radius 2 is 1.62 bits per heavy atom. The molecule has 2 fully saturated rings. The van der Waals surface area contributed by atoms with E-state index < -0.39 is 27.6 Å². The fourth-order valence-corrected chi connectivity index (χ4v) is 11.0. The zero-order valence-corrected chi connectivity index (χ0v) is 39.2. The molecule has 0 radical (unpaired) electrons. The number of nitro groups is 2. The summed E-state index contributed by atoms with van der Waals surface area (Å²) in [5.74, 6) is -1.06. The Labute approximate surface area is 403 Å². The van der Waals surface area contributed by atoms with Crippen LogP contribution in [0.5, 0.6) is 17.2 Å². The Morgan fingerprint density at radius 1 is 0.884 bits per heavy atom. The topological polar surface area (TPSA) is 226 Å². The van der Waals surface area contributed by atoms with Gasteiger partial charge < -0.3 is 44.0 Å². The highest BCUT2D eigenvalue weighted by Gasteiger charge is 2.65. The number of hydrogen-bond acceptors (Lipinski definition) is 14. The number of aliphatic hydroxyl groups excluding tert-OH is 3. The molecular weight excluding hydrogens is 889 g/mol. The number of oxime groups is 1. The van der Waals surface area contributed by atoms with Crippen molar-refractivity contribution in [2.45, 2.75) is 108 Å². The number of unbranched alkanes of at least 4 members (excludes halogenated alkanes) is 2. The van der Waals surface area contributed by atoms with Gasteiger partial charge in [0.1, 0.15) is 29.9 Å². The Morgan fingerprint density at radius 3 is 2.33 bits per heavy atom. The van der Waals surface area contributed by atoms with Gasteiger partial charge in [0.05, 0.1) is 54.0 Å². The molecule has 3 aromatic rings. The van der Waals surface area contributed by atoms with Crippen molar-refractivity contribution < 1.29 is 53.7 Å². The zero-order valence-electron chi connectivity index (χ0n) is 39.2. The van der Waals surface area contributed by atoms with Crippen LogP contribution in [0.25, 0.3) is 0 Å². The quantitative estimate of drug-likeness (QED) is 0.0281. The number of fused-ring (bicyclic) bond motifs is 2. The Kier molecular flexibility index (Phi) is 18.3. The van der Waals surface area contributed by atoms with Crippen LogP contribution in [-0.4, -0.2) is 99.7 Å². The van der Waals surface area contributed by atoms with E-state index in [1.54, 1.807) is 36.4 Å². The summed E-state index contributed by atoms with van der Waals surface area (Å²) in [4.78, 5) is 45.2. The van der Waals surface area contributed by atoms with Gasteiger partial charge in [-0.15, -0.1) is 6.58 Å². The normalized spacial score (nSPS) is 23.3. The number of benzene rings is 3. The molecule has 0 bridgehead atoms. The highest BCUT2D eigenvalue weighted by molar-refractivity contribution is 6.03. The van der Waals surface area contributed by atoms with E-state index >= 15 is 4.79 Å². The Hall–Kier alpha value is -5.72. The lowest BCUT2D eigenvalue weighted by atomic mass is 9.55. The molecule has 0 aromatic heterocycles. The van der Waals surface area contributed by atoms with Gasteiger partial charge in [-0.2, -0.15) is 0 Å². The standard InChI is InChI=1S/C52H66N4O13/c1-2-28-66-52-48(54(24-29-65-30-27-59)49(60)23-18-36-10-3-4-11-36)34-46(53-67-35-37-16-19-39(20-17-37)55(61)62)44-31-38(12-5-7-25-57)43(15-6-8-26-58)50(51(44)52)45-33-42(21-22-47(45)69-52)68-41-14-9-13-40(32-41)56(63)64/h2,9,13-14,16-17,19-22,31-33,36,38,43,48,50-51,57-59H,1,3-8,10-12,15,18,23-30,34-35H2/t38-,43+,48-,50+,51+,52+/m0/s1. The molecule has 1 amide bonds. The first-order valence-corrected chi connectivity index (χ1v) is 24.4. The van der Waals surface area contributed by atoms with Crippen LogP contribution in [0.2, 0.25) is 0 Å². The first kappa shape index (κ1) is 51.1. The highest BCUT2D eigenvalue weighted by Crippen LogP contribution is 2.62. The molecule has 7 rings (SSSR count). The summed E-state index contributed by atoms with van der Waals surface area (Å²) >= 11 is 0. The van der Waals surface area contributed by atoms with Gasteiger partial charge in [0.2, 0.25) is 11.7 Å². The van der Waals surface area contributed by atoms with E-state index in [0.717, 1.165) is 56.1 Å². The summed E-state index contributed by atoms with van der Waals surface area (Å²) in [6.07, 6.45) is 13.6. The van der Waals surface area contributed by atoms with E-state index in [1.165, 1.54) is 24.3 Å². The molecule has 17 heteroatoms. The van der Waals surface area contributed by atoms with E-state index in [-0.39, 0.29) is 100.0 Å². The van der Waals surface area contributed by atoms with Gasteiger partial charge in [-0.25, -0.2) is 0 Å². The van der Waals surface area contributed by atoms with Crippen molar-refractivity contribution in [2.75, 3.05) is 46.2 Å². The molecule has 0 spiro atoms. The summed E-state index contributed by atoms with van der Waals surface area (Å²) in [5, 5.41) is 57.7. The molecule has 3 N–H and O–H groups in total. The van der Waals surface area contributed by atoms with E-state index in [1.807, 2.05) is 17.0 Å². The van der Waals surface area contributed by atoms with Gasteiger partial charge in [0, 0.05) is 62.3 Å². The van der Waals surface area contributed by atoms with Crippen molar-refractivity contribution in [2.24, 2.45) is 28.8 Å². The number of hydrogen-bond donors (Lipinski definition) is 3. The monoisotopic (exact) mass is 954 g/mol. The van der Waals surface area contributed by atoms with Crippen molar-refractivity contribution in [3.63, 3.8) is 0 Å². The number of allylic oxidation sites excluding steroid dienone is 1. The molecule has 69 heavy (non-hydrogen) atoms. The van der Waals surface area contributed by atoms with Gasteiger partial charge in [0.25, 0.3) is 11.4 Å². The largest absolute Gasteiger partial charge is 0.459 e. The molecule has 4 aliphatic rings. The van der Waals surface area contributed by atoms with Gasteiger partial charge in [-0.1, -0.05) is 61.9 Å². The van der Waals surface area contributed by atoms with Crippen molar-refractivity contribution >= 4 is 23.0 Å². The predicted molar refractivity (Wildman–Crippen MR) is 257 cm³/mol. The van der Waals surface area contributed by atoms with Gasteiger partial charge in [0.15, 0.2) is 0 Å². The number of rotatable bonds is 27. The zero-order chi connectivity index (χ0) is 48.8. The van der Waals surface area contributed by atoms with Crippen molar-refractivity contribution in [1.29, 1.82) is 0 Å². The van der Waals surface area contributed by atoms with Crippen LogP contribution in [0.15, 0.2) is 96.2 Å². The number of carbonyl (C=O) groups is 1. The number of nitrogens with zero attached hydrogens (tertiary/aromatic N) is 4. The predicted octanol–water partition coefficient (Wildman–Crippen LogP) is 8.94. The lowest BCUT2D eigenvalue weighted by Crippen LogP contribution is -2.70. The van der Waals surface area contributed by atoms with Gasteiger partial charge in [-0.3, -0.25) is 25.0 Å². The second-order valence-electron chi connectivity index (χ2n) is 18.4. The lowest BCUT2D eigenvalue weighted by Gasteiger charge is -2.60. The summed E-state index contributed by atoms with van der Waals surface area (Å²) in [6.45, 7) is 4.36. The first-order chi connectivity index (χ1) is 33.6. The average Bonchev–Trinajstić information content (AvgIpc) is 3.88. The fraction of sp³-hybridized carbons (Fsp3) is 0.538. The molecule has 3 aromatic carbocycles. The summed E-state index contributed by atoms with van der Waals surface area (Å²) in [7, 11) is 0. The molecule has 0 unspecified atom stereocenters. The van der Waals surface area contributed by atoms with Crippen LogP contribution in [0.3, 0.4) is 0 Å². The van der Waals surface area contributed by atoms with Crippen molar-refractivity contribution in [3.8, 4) is 17.2 Å². The average molecular weight is 955 g/mol. The van der Waals surface area contributed by atoms with Crippen LogP contribution >= 0.6 is 0 Å². The highest BCUT2D eigenvalue weighted by atomic mass is 16.7. The maximum absolute atomic E-state index is 15.0. The third-order valence-corrected chi connectivity index (χ3v) is 14.1. The molecule has 1 heterocycles. The van der Waals surface area contributed by atoms with Crippen molar-refractivity contribution in [1.82, 2.24) is 4.90 Å². The Balaban J connectivity index is 1.41. The van der Waals surface area contributed by atoms with Crippen LogP contribution in [0, 0.1) is 43.9 Å². The molecule has 2 saturated carbocycles. The third kappa shape index (κ3) is 12.4. The van der Waals surface area contributed by atoms with E-state index in [4.69, 9.17) is 28.9 Å². The van der Waals surface area contributed by atoms with E-state index in [9.17, 15) is 35.5 Å². The maximum atomic E-state index is 15.0. The maximum Gasteiger partial charge on any atom is 0.273 e. The molecular formula is C52H66N4O13. The van der Waals surface area contributed by atoms with Crippen LogP contribution < -0.4 is 9.47 Å². The SMILES string of the molecule is C=CCO[C@@]12Oc3ccc(Oc4cccc([N+](=O)[O-])c4)cc3[C@H]3[C@H](CCCCO)[C@@H](CCCCO)C=C(C(=NOCc4ccc([N+](=O)[O-])cc4)C[C@@H]1N(CCOCCO)C(=O)CCC1CCCC1)[C@H]32. The minimum atomic E-state index is -1.53. The summed E-state index contributed by atoms with van der Waals surface area (Å²) < 4.78 is 26.7. The van der Waals surface area contributed by atoms with Crippen LogP contribution in [0.4, 0.5) is 11.4 Å². The molecule has 0 saturated heterocycles. The van der Waals surface area contributed by atoms with Crippen molar-refractivity contribution in [3.05, 3.63) is 122 Å². The number of nitro benzene ring substituents is 2. The number of carbonyl (C=O) groups excluding carboxylic acids is 1. The minimum absolute atomic E-state index is 0.00602. The van der Waals surface area contributed by atoms with E-state index in [2.05, 4.69) is 12.7 Å². The van der Waals surface area contributed by atoms with E-state index in [0.29, 0.717) is 60.8 Å². The fourth-order valence-electron chi connectivity index (χ4n) is 11.0. The minimum Gasteiger partial charge on any atom is -0.459 e. The Bertz CT molecular complexity index is 2280. The molecule has 372 valence electrons. The number of aliphatic hydroxyl groups is 3. The molecule has 17 nitrogen and oxygen atoms in total. The second kappa shape index (κ2) is 24.7. The lowest BCUT2D eigenvalue weighted by molar-refractivity contribution is -0.385. The summed E-state index contributed by atoms with van der Waals surface area (Å²) in [6, 6.07) is 16.8. The summed E-state index contributed by atoms with van der Waals surface area (Å²) in [5.41, 5.74) is 2.71. The van der Waals surface area contributed by atoms with Crippen LogP contribution in [0.1, 0.15) is 101 Å². The molecule has 6 atom stereocenters.